The van der Waals surface area contributed by atoms with Gasteiger partial charge in [-0.05, 0) is 30.2 Å². The minimum Gasteiger partial charge on any atom is -0.325 e. The van der Waals surface area contributed by atoms with E-state index in [4.69, 9.17) is 11.6 Å². The number of anilines is 1. The topological polar surface area (TPSA) is 71.8 Å². The molecule has 1 aliphatic heterocycles. The van der Waals surface area contributed by atoms with Crippen LogP contribution in [0.3, 0.4) is 0 Å². The van der Waals surface area contributed by atoms with Gasteiger partial charge in [0.05, 0.1) is 6.04 Å². The molecule has 0 saturated carbocycles. The highest BCUT2D eigenvalue weighted by Crippen LogP contribution is 2.37. The molecular weight excluding hydrogens is 394 g/mol. The molecule has 0 fully saturated rings. The molecule has 0 saturated heterocycles. The van der Waals surface area contributed by atoms with Gasteiger partial charge in [0.2, 0.25) is 11.1 Å². The van der Waals surface area contributed by atoms with Crippen molar-refractivity contribution in [1.29, 1.82) is 0 Å². The molecule has 0 aliphatic carbocycles. The Balaban J connectivity index is 1.65. The predicted molar refractivity (Wildman–Crippen MR) is 112 cm³/mol. The molecule has 4 rings (SSSR count). The highest BCUT2D eigenvalue weighted by molar-refractivity contribution is 8.00. The van der Waals surface area contributed by atoms with Gasteiger partial charge in [-0.15, -0.1) is 10.2 Å². The average Bonchev–Trinajstić information content (AvgIpc) is 3.12. The van der Waals surface area contributed by atoms with Crippen molar-refractivity contribution in [3.8, 4) is 0 Å². The first-order valence-corrected chi connectivity index (χ1v) is 10.3. The zero-order valence-corrected chi connectivity index (χ0v) is 17.1. The number of amides is 1. The first kappa shape index (κ1) is 18.8. The summed E-state index contributed by atoms with van der Waals surface area (Å²) in [4.78, 5) is 13.2. The van der Waals surface area contributed by atoms with Crippen molar-refractivity contribution in [2.45, 2.75) is 36.7 Å². The number of carbonyl (C=O) groups is 1. The molecule has 3 aromatic rings. The Hall–Kier alpha value is -2.51. The van der Waals surface area contributed by atoms with Crippen LogP contribution in [-0.2, 0) is 11.2 Å². The molecule has 1 amide bonds. The number of thioether (sulfide) groups is 1. The zero-order chi connectivity index (χ0) is 19.7. The minimum absolute atomic E-state index is 0.112. The summed E-state index contributed by atoms with van der Waals surface area (Å²) >= 11 is 7.62. The summed E-state index contributed by atoms with van der Waals surface area (Å²) in [6.45, 7) is 3.96. The molecule has 0 unspecified atom stereocenters. The van der Waals surface area contributed by atoms with E-state index < -0.39 is 5.25 Å². The van der Waals surface area contributed by atoms with Crippen molar-refractivity contribution in [3.05, 3.63) is 70.5 Å². The van der Waals surface area contributed by atoms with Crippen LogP contribution in [-0.4, -0.2) is 26.0 Å². The van der Waals surface area contributed by atoms with Gasteiger partial charge in [-0.1, -0.05) is 66.7 Å². The van der Waals surface area contributed by atoms with E-state index in [1.165, 1.54) is 11.8 Å². The third-order valence-electron chi connectivity index (χ3n) is 4.68. The molecule has 2 heterocycles. The number of aryl methyl sites for hydroxylation is 2. The molecule has 1 aromatic heterocycles. The maximum absolute atomic E-state index is 13.2. The molecule has 8 heteroatoms. The van der Waals surface area contributed by atoms with Crippen LogP contribution in [0, 0.1) is 6.92 Å². The lowest BCUT2D eigenvalue weighted by Crippen LogP contribution is -2.41. The molecule has 2 aromatic carbocycles. The van der Waals surface area contributed by atoms with Crippen LogP contribution in [0.4, 0.5) is 5.69 Å². The predicted octanol–water partition coefficient (Wildman–Crippen LogP) is 4.20. The Morgan fingerprint density at radius 3 is 2.75 bits per heavy atom. The van der Waals surface area contributed by atoms with Crippen LogP contribution < -0.4 is 10.7 Å². The maximum Gasteiger partial charge on any atom is 0.240 e. The summed E-state index contributed by atoms with van der Waals surface area (Å²) < 4.78 is 1.88. The quantitative estimate of drug-likeness (QED) is 0.670. The first-order valence-electron chi connectivity index (χ1n) is 9.06. The van der Waals surface area contributed by atoms with Gasteiger partial charge in [0, 0.05) is 17.1 Å². The number of nitrogens with zero attached hydrogens (tertiary/aromatic N) is 3. The highest BCUT2D eigenvalue weighted by atomic mass is 35.5. The van der Waals surface area contributed by atoms with E-state index in [1.54, 1.807) is 6.07 Å². The van der Waals surface area contributed by atoms with Crippen LogP contribution in [0.2, 0.25) is 5.02 Å². The lowest BCUT2D eigenvalue weighted by molar-refractivity contribution is -0.116. The number of hydrogen-bond donors (Lipinski definition) is 2. The van der Waals surface area contributed by atoms with Crippen molar-refractivity contribution >= 4 is 35.0 Å². The van der Waals surface area contributed by atoms with Crippen molar-refractivity contribution in [1.82, 2.24) is 14.9 Å². The Kier molecular flexibility index (Phi) is 5.28. The van der Waals surface area contributed by atoms with E-state index >= 15 is 0 Å². The van der Waals surface area contributed by atoms with Gasteiger partial charge in [0.15, 0.2) is 5.82 Å². The van der Waals surface area contributed by atoms with Gasteiger partial charge in [-0.25, -0.2) is 4.68 Å². The molecule has 0 radical (unpaired) electrons. The van der Waals surface area contributed by atoms with Crippen LogP contribution in [0.1, 0.15) is 29.9 Å². The highest BCUT2D eigenvalue weighted by Gasteiger charge is 2.37. The number of nitrogens with one attached hydrogen (secondary N) is 2. The number of hydrogen-bond acceptors (Lipinski definition) is 5. The molecule has 144 valence electrons. The van der Waals surface area contributed by atoms with Crippen molar-refractivity contribution in [2.24, 2.45) is 0 Å². The van der Waals surface area contributed by atoms with Crippen LogP contribution in [0.15, 0.2) is 53.7 Å². The largest absolute Gasteiger partial charge is 0.325 e. The fourth-order valence-electron chi connectivity index (χ4n) is 3.12. The normalized spacial score (nSPS) is 18.2. The van der Waals surface area contributed by atoms with Crippen LogP contribution in [0.5, 0.6) is 0 Å². The summed E-state index contributed by atoms with van der Waals surface area (Å²) in [5.74, 6) is 0.728. The monoisotopic (exact) mass is 413 g/mol. The number of aromatic nitrogens is 3. The lowest BCUT2D eigenvalue weighted by Gasteiger charge is -2.33. The molecule has 6 nitrogen and oxygen atoms in total. The minimum atomic E-state index is -0.413. The lowest BCUT2D eigenvalue weighted by atomic mass is 10.0. The molecular formula is C20H20ClN5OS. The maximum atomic E-state index is 13.2. The van der Waals surface area contributed by atoms with Gasteiger partial charge < -0.3 is 10.7 Å². The summed E-state index contributed by atoms with van der Waals surface area (Å²) in [7, 11) is 0. The second kappa shape index (κ2) is 7.85. The second-order valence-electron chi connectivity index (χ2n) is 6.60. The zero-order valence-electron chi connectivity index (χ0n) is 15.5. The molecule has 2 N–H and O–H groups in total. The van der Waals surface area contributed by atoms with Gasteiger partial charge in [-0.2, -0.15) is 0 Å². The SMILES string of the molecule is CCc1nnc2n1N[C@H](c1ccccc1)[C@H](C(=O)Nc1ccc(C)c(Cl)c1)S2. The summed E-state index contributed by atoms with van der Waals surface area (Å²) in [5, 5.41) is 12.3. The Bertz CT molecular complexity index is 1010. The second-order valence-corrected chi connectivity index (χ2v) is 8.11. The van der Waals surface area contributed by atoms with Crippen LogP contribution in [0.25, 0.3) is 0 Å². The summed E-state index contributed by atoms with van der Waals surface area (Å²) in [6.07, 6.45) is 0.751. The molecule has 28 heavy (non-hydrogen) atoms. The van der Waals surface area contributed by atoms with E-state index in [2.05, 4.69) is 20.9 Å². The van der Waals surface area contributed by atoms with Gasteiger partial charge in [0.25, 0.3) is 0 Å². The van der Waals surface area contributed by atoms with E-state index in [0.717, 1.165) is 23.4 Å². The van der Waals surface area contributed by atoms with Crippen molar-refractivity contribution < 1.29 is 4.79 Å². The Morgan fingerprint density at radius 2 is 2.04 bits per heavy atom. The standard InChI is InChI=1S/C20H20ClN5OS/c1-3-16-23-24-20-26(16)25-17(13-7-5-4-6-8-13)18(28-20)19(27)22-14-10-9-12(2)15(21)11-14/h4-11,17-18,25H,3H2,1-2H3,(H,22,27)/t17-,18-/m1/s1. The number of carbonyl (C=O) groups excluding carboxylic acids is 1. The van der Waals surface area contributed by atoms with Crippen molar-refractivity contribution in [2.75, 3.05) is 10.7 Å². The van der Waals surface area contributed by atoms with E-state index in [9.17, 15) is 4.79 Å². The first-order chi connectivity index (χ1) is 13.6. The van der Waals surface area contributed by atoms with E-state index in [-0.39, 0.29) is 11.9 Å². The van der Waals surface area contributed by atoms with E-state index in [0.29, 0.717) is 15.9 Å². The molecule has 0 spiro atoms. The van der Waals surface area contributed by atoms with Gasteiger partial charge in [-0.3, -0.25) is 4.79 Å². The Morgan fingerprint density at radius 1 is 1.25 bits per heavy atom. The third-order valence-corrected chi connectivity index (χ3v) is 6.30. The number of fused-ring (bicyclic) bond motifs is 1. The van der Waals surface area contributed by atoms with Gasteiger partial charge >= 0.3 is 0 Å². The summed E-state index contributed by atoms with van der Waals surface area (Å²) in [5.41, 5.74) is 6.10. The number of rotatable bonds is 4. The number of benzene rings is 2. The Labute approximate surface area is 172 Å². The van der Waals surface area contributed by atoms with Gasteiger partial charge in [0.1, 0.15) is 5.25 Å². The van der Waals surface area contributed by atoms with Crippen molar-refractivity contribution in [3.63, 3.8) is 0 Å². The van der Waals surface area contributed by atoms with E-state index in [1.807, 2.05) is 61.0 Å². The smallest absolute Gasteiger partial charge is 0.240 e. The third kappa shape index (κ3) is 3.59. The fraction of sp³-hybridized carbons (Fsp3) is 0.250. The number of halogens is 1. The summed E-state index contributed by atoms with van der Waals surface area (Å²) in [6, 6.07) is 15.2. The molecule has 2 atom stereocenters. The fourth-order valence-corrected chi connectivity index (χ4v) is 4.40. The molecule has 0 bridgehead atoms. The van der Waals surface area contributed by atoms with Crippen LogP contribution >= 0.6 is 23.4 Å². The molecule has 1 aliphatic rings. The average molecular weight is 414 g/mol.